The summed E-state index contributed by atoms with van der Waals surface area (Å²) in [7, 11) is 0. The second kappa shape index (κ2) is 12.6. The van der Waals surface area contributed by atoms with Gasteiger partial charge in [-0.3, -0.25) is 9.97 Å². The van der Waals surface area contributed by atoms with Crippen molar-refractivity contribution in [1.29, 1.82) is 0 Å². The Bertz CT molecular complexity index is 3900. The molecule has 324 valence electrons. The number of nitrogens with zero attached hydrogens (tertiary/aromatic N) is 3. The first-order valence-electron chi connectivity index (χ1n) is 23.8. The fraction of sp³-hybridized carbons (Fsp3) is 0.258. The standard InChI is InChI=1S/C62H55N3O/c1-58(2,3)50-45-38-26-20-25-37(36-24-19-23-35(31-36)34-21-13-12-14-22-34)54(38)66-55(45)49-47-44(33-64-57-52(47)60(6,7)40-28-16-18-30-42(40)62(57,10)11)65-43-32-63-56-51(46(43)48(50)53(49)65)59(4,5)39-27-15-17-29-41(39)61(56,8)9/h12-33H,1-11H3. The summed E-state index contributed by atoms with van der Waals surface area (Å²) < 4.78 is 10.2. The van der Waals surface area contributed by atoms with E-state index in [1.54, 1.807) is 0 Å². The maximum Gasteiger partial charge on any atom is 0.145 e. The third-order valence-corrected chi connectivity index (χ3v) is 16.3. The van der Waals surface area contributed by atoms with Crippen LogP contribution in [0.3, 0.4) is 0 Å². The van der Waals surface area contributed by atoms with E-state index in [1.807, 2.05) is 0 Å². The zero-order valence-corrected chi connectivity index (χ0v) is 40.0. The van der Waals surface area contributed by atoms with Gasteiger partial charge in [0.15, 0.2) is 0 Å². The zero-order chi connectivity index (χ0) is 45.6. The van der Waals surface area contributed by atoms with Crippen molar-refractivity contribution in [3.05, 3.63) is 184 Å². The van der Waals surface area contributed by atoms with Crippen LogP contribution < -0.4 is 0 Å². The molecule has 0 unspecified atom stereocenters. The Morgan fingerprint density at radius 2 is 0.939 bits per heavy atom. The van der Waals surface area contributed by atoms with Gasteiger partial charge in [-0.25, -0.2) is 0 Å². The van der Waals surface area contributed by atoms with E-state index in [9.17, 15) is 0 Å². The molecule has 5 aromatic heterocycles. The summed E-state index contributed by atoms with van der Waals surface area (Å²) in [6.45, 7) is 26.3. The van der Waals surface area contributed by atoms with E-state index < -0.39 is 0 Å². The summed E-state index contributed by atoms with van der Waals surface area (Å²) in [5.41, 5.74) is 19.9. The molecule has 4 heteroatoms. The van der Waals surface area contributed by atoms with E-state index >= 15 is 0 Å². The van der Waals surface area contributed by atoms with Gasteiger partial charge in [0.25, 0.3) is 0 Å². The molecule has 5 heterocycles. The van der Waals surface area contributed by atoms with Crippen LogP contribution in [0.2, 0.25) is 0 Å². The van der Waals surface area contributed by atoms with Gasteiger partial charge in [-0.05, 0) is 67.1 Å². The molecule has 0 N–H and O–H groups in total. The number of hydrogen-bond donors (Lipinski definition) is 0. The topological polar surface area (TPSA) is 43.3 Å². The van der Waals surface area contributed by atoms with Crippen LogP contribution in [-0.4, -0.2) is 14.4 Å². The molecule has 66 heavy (non-hydrogen) atoms. The Hall–Kier alpha value is -6.78. The second-order valence-electron chi connectivity index (χ2n) is 22.6. The number of aromatic nitrogens is 3. The highest BCUT2D eigenvalue weighted by molar-refractivity contribution is 6.36. The molecule has 2 aliphatic carbocycles. The van der Waals surface area contributed by atoms with Gasteiger partial charge < -0.3 is 8.82 Å². The highest BCUT2D eigenvalue weighted by Crippen LogP contribution is 2.59. The minimum absolute atomic E-state index is 0.287. The molecule has 0 radical (unpaired) electrons. The van der Waals surface area contributed by atoms with Gasteiger partial charge in [0.05, 0.1) is 45.7 Å². The van der Waals surface area contributed by atoms with Crippen molar-refractivity contribution in [2.24, 2.45) is 0 Å². The molecule has 0 spiro atoms. The van der Waals surface area contributed by atoms with Gasteiger partial charge in [-0.2, -0.15) is 0 Å². The summed E-state index contributed by atoms with van der Waals surface area (Å²) in [6, 6.07) is 44.5. The Balaban J connectivity index is 1.28. The molecule has 0 aliphatic heterocycles. The van der Waals surface area contributed by atoms with Crippen LogP contribution >= 0.6 is 0 Å². The van der Waals surface area contributed by atoms with Gasteiger partial charge in [-0.15, -0.1) is 0 Å². The highest BCUT2D eigenvalue weighted by Gasteiger charge is 2.48. The van der Waals surface area contributed by atoms with Crippen LogP contribution in [-0.2, 0) is 27.1 Å². The van der Waals surface area contributed by atoms with E-state index in [4.69, 9.17) is 14.4 Å². The largest absolute Gasteiger partial charge is 0.455 e. The monoisotopic (exact) mass is 857 g/mol. The van der Waals surface area contributed by atoms with Crippen LogP contribution in [0.25, 0.3) is 82.3 Å². The lowest BCUT2D eigenvalue weighted by molar-refractivity contribution is 0.509. The first-order chi connectivity index (χ1) is 31.4. The van der Waals surface area contributed by atoms with Crippen molar-refractivity contribution in [3.8, 4) is 22.3 Å². The van der Waals surface area contributed by atoms with E-state index in [0.29, 0.717) is 0 Å². The smallest absolute Gasteiger partial charge is 0.145 e. The second-order valence-corrected chi connectivity index (χ2v) is 22.6. The molecule has 2 aliphatic rings. The van der Waals surface area contributed by atoms with Gasteiger partial charge in [0.2, 0.25) is 0 Å². The molecule has 13 rings (SSSR count). The number of hydrogen-bond acceptors (Lipinski definition) is 3. The van der Waals surface area contributed by atoms with E-state index in [2.05, 4.69) is 214 Å². The molecule has 0 amide bonds. The number of pyridine rings is 2. The average Bonchev–Trinajstić information content (AvgIpc) is 3.97. The third-order valence-electron chi connectivity index (χ3n) is 16.3. The predicted molar refractivity (Wildman–Crippen MR) is 275 cm³/mol. The zero-order valence-electron chi connectivity index (χ0n) is 40.0. The Morgan fingerprint density at radius 1 is 0.455 bits per heavy atom. The quantitative estimate of drug-likeness (QED) is 0.174. The molecule has 11 aromatic rings. The highest BCUT2D eigenvalue weighted by atomic mass is 16.3. The molecular weight excluding hydrogens is 803 g/mol. The van der Waals surface area contributed by atoms with Gasteiger partial charge >= 0.3 is 0 Å². The van der Waals surface area contributed by atoms with Crippen LogP contribution in [0.4, 0.5) is 0 Å². The van der Waals surface area contributed by atoms with Crippen LogP contribution in [0.5, 0.6) is 0 Å². The Kier molecular flexibility index (Phi) is 7.53. The van der Waals surface area contributed by atoms with Crippen LogP contribution in [0.1, 0.15) is 126 Å². The van der Waals surface area contributed by atoms with Gasteiger partial charge in [0.1, 0.15) is 11.2 Å². The number of para-hydroxylation sites is 1. The minimum Gasteiger partial charge on any atom is -0.455 e. The number of rotatable bonds is 2. The predicted octanol–water partition coefficient (Wildman–Crippen LogP) is 16.1. The SMILES string of the molecule is CC(C)(C)c1c2c3cccc(-c4cccc(-c5ccccc5)c4)c3oc2c2c3c4c(ncc3n3c5cnc6c(c5c1c23)C(C)(C)c1ccccc1C6(C)C)C(C)(C)c1ccccc1C4(C)C. The molecule has 6 aromatic carbocycles. The lowest BCUT2D eigenvalue weighted by Gasteiger charge is -2.43. The van der Waals surface area contributed by atoms with Crippen molar-refractivity contribution >= 4 is 60.0 Å². The van der Waals surface area contributed by atoms with Crippen molar-refractivity contribution in [2.75, 3.05) is 0 Å². The van der Waals surface area contributed by atoms with E-state index in [0.717, 1.165) is 50.1 Å². The van der Waals surface area contributed by atoms with Crippen molar-refractivity contribution in [2.45, 2.75) is 103 Å². The molecule has 0 fully saturated rings. The van der Waals surface area contributed by atoms with Crippen molar-refractivity contribution in [1.82, 2.24) is 14.4 Å². The summed E-state index contributed by atoms with van der Waals surface area (Å²) in [6.07, 6.45) is 4.36. The van der Waals surface area contributed by atoms with Gasteiger partial charge in [-0.1, -0.05) is 191 Å². The lowest BCUT2D eigenvalue weighted by Crippen LogP contribution is -2.37. The third kappa shape index (κ3) is 4.75. The van der Waals surface area contributed by atoms with Gasteiger partial charge in [0, 0.05) is 54.2 Å². The molecule has 0 atom stereocenters. The van der Waals surface area contributed by atoms with Crippen LogP contribution in [0, 0.1) is 0 Å². The maximum atomic E-state index is 7.70. The Morgan fingerprint density at radius 3 is 1.50 bits per heavy atom. The fourth-order valence-electron chi connectivity index (χ4n) is 13.2. The normalized spacial score (nSPS) is 16.9. The minimum atomic E-state index is -0.358. The summed E-state index contributed by atoms with van der Waals surface area (Å²) in [5.74, 6) is 0. The first kappa shape index (κ1) is 39.6. The maximum absolute atomic E-state index is 7.70. The van der Waals surface area contributed by atoms with Crippen LogP contribution in [0.15, 0.2) is 138 Å². The molecule has 0 saturated carbocycles. The van der Waals surface area contributed by atoms with E-state index in [-0.39, 0.29) is 27.1 Å². The average molecular weight is 858 g/mol. The Labute approximate surface area is 386 Å². The van der Waals surface area contributed by atoms with Crippen molar-refractivity contribution < 1.29 is 4.42 Å². The number of furan rings is 1. The summed E-state index contributed by atoms with van der Waals surface area (Å²) in [5, 5.41) is 7.35. The number of fused-ring (bicyclic) bond motifs is 16. The van der Waals surface area contributed by atoms with Crippen molar-refractivity contribution in [3.63, 3.8) is 0 Å². The lowest BCUT2D eigenvalue weighted by atomic mass is 9.60. The molecular formula is C62H55N3O. The fourth-order valence-corrected chi connectivity index (χ4v) is 13.2. The van der Waals surface area contributed by atoms with E-state index in [1.165, 1.54) is 82.5 Å². The summed E-state index contributed by atoms with van der Waals surface area (Å²) in [4.78, 5) is 11.1. The molecule has 4 nitrogen and oxygen atoms in total. The number of benzene rings is 6. The molecule has 0 bridgehead atoms. The molecule has 0 saturated heterocycles. The first-order valence-corrected chi connectivity index (χ1v) is 23.8. The summed E-state index contributed by atoms with van der Waals surface area (Å²) >= 11 is 0.